The average Bonchev–Trinajstić information content (AvgIpc) is 2.69. The molecule has 2 rings (SSSR count). The van der Waals surface area contributed by atoms with Gasteiger partial charge >= 0.3 is 5.97 Å². The zero-order chi connectivity index (χ0) is 10.7. The van der Waals surface area contributed by atoms with Crippen molar-refractivity contribution in [2.75, 3.05) is 6.61 Å². The number of hydrogen-bond acceptors (Lipinski definition) is 2. The van der Waals surface area contributed by atoms with Crippen molar-refractivity contribution in [3.8, 4) is 0 Å². The average molecular weight is 204 g/mol. The molecule has 1 N–H and O–H groups in total. The predicted octanol–water partition coefficient (Wildman–Crippen LogP) is 1.64. The van der Waals surface area contributed by atoms with Gasteiger partial charge in [0.1, 0.15) is 0 Å². The number of carbonyl (C=O) groups is 1. The predicted molar refractivity (Wildman–Crippen MR) is 55.6 cm³/mol. The molecule has 3 nitrogen and oxygen atoms in total. The summed E-state index contributed by atoms with van der Waals surface area (Å²) in [6, 6.07) is 9.50. The summed E-state index contributed by atoms with van der Waals surface area (Å²) in [5.41, 5.74) is -0.201. The minimum atomic E-state index is -1.17. The maximum Gasteiger partial charge on any atom is 0.340 e. The van der Waals surface area contributed by atoms with E-state index >= 15 is 0 Å². The minimum Gasteiger partial charge on any atom is -0.479 e. The third-order valence-electron chi connectivity index (χ3n) is 2.50. The van der Waals surface area contributed by atoms with E-state index in [-0.39, 0.29) is 0 Å². The summed E-state index contributed by atoms with van der Waals surface area (Å²) >= 11 is 0. The van der Waals surface area contributed by atoms with E-state index in [2.05, 4.69) is 0 Å². The zero-order valence-electron chi connectivity index (χ0n) is 8.22. The Bertz CT molecular complexity index is 383. The molecule has 0 radical (unpaired) electrons. The largest absolute Gasteiger partial charge is 0.479 e. The molecule has 78 valence electrons. The Balaban J connectivity index is 2.22. The van der Waals surface area contributed by atoms with Gasteiger partial charge in [0.25, 0.3) is 0 Å². The summed E-state index contributed by atoms with van der Waals surface area (Å²) in [5, 5.41) is 9.15. The van der Waals surface area contributed by atoms with Crippen LogP contribution in [-0.2, 0) is 16.0 Å². The molecule has 1 heterocycles. The summed E-state index contributed by atoms with van der Waals surface area (Å²) in [6.45, 7) is 0.374. The summed E-state index contributed by atoms with van der Waals surface area (Å²) in [5.74, 6) is -0.930. The molecule has 1 aliphatic heterocycles. The van der Waals surface area contributed by atoms with Crippen molar-refractivity contribution in [2.24, 2.45) is 0 Å². The van der Waals surface area contributed by atoms with Crippen LogP contribution in [0.1, 0.15) is 5.56 Å². The zero-order valence-corrected chi connectivity index (χ0v) is 8.22. The normalized spacial score (nSPS) is 24.3. The number of hydrogen-bond donors (Lipinski definition) is 1. The van der Waals surface area contributed by atoms with Crippen LogP contribution in [0.5, 0.6) is 0 Å². The monoisotopic (exact) mass is 204 g/mol. The first-order valence-electron chi connectivity index (χ1n) is 4.82. The smallest absolute Gasteiger partial charge is 0.340 e. The van der Waals surface area contributed by atoms with Gasteiger partial charge in [0.15, 0.2) is 5.60 Å². The van der Waals surface area contributed by atoms with Crippen molar-refractivity contribution >= 4 is 5.97 Å². The Morgan fingerprint density at radius 1 is 1.40 bits per heavy atom. The third-order valence-corrected chi connectivity index (χ3v) is 2.50. The standard InChI is InChI=1S/C12H12O3/c13-11(14)12(7-4-8-15-12)9-10-5-2-1-3-6-10/h1-7H,8-9H2,(H,13,14). The summed E-state index contributed by atoms with van der Waals surface area (Å²) in [6.07, 6.45) is 3.75. The molecule has 0 aromatic heterocycles. The molecule has 0 aliphatic carbocycles. The highest BCUT2D eigenvalue weighted by molar-refractivity contribution is 5.81. The molecule has 3 heteroatoms. The van der Waals surface area contributed by atoms with Gasteiger partial charge < -0.3 is 9.84 Å². The molecule has 0 bridgehead atoms. The fourth-order valence-corrected chi connectivity index (χ4v) is 1.70. The second-order valence-electron chi connectivity index (χ2n) is 3.57. The van der Waals surface area contributed by atoms with Gasteiger partial charge in [-0.05, 0) is 11.6 Å². The van der Waals surface area contributed by atoms with Gasteiger partial charge in [0.2, 0.25) is 0 Å². The topological polar surface area (TPSA) is 46.5 Å². The lowest BCUT2D eigenvalue weighted by Gasteiger charge is -2.21. The van der Waals surface area contributed by atoms with Crippen molar-refractivity contribution in [3.63, 3.8) is 0 Å². The Kier molecular flexibility index (Phi) is 2.56. The van der Waals surface area contributed by atoms with Gasteiger partial charge in [-0.3, -0.25) is 0 Å². The van der Waals surface area contributed by atoms with Crippen LogP contribution in [0.15, 0.2) is 42.5 Å². The first kappa shape index (κ1) is 9.93. The molecule has 1 unspecified atom stereocenters. The van der Waals surface area contributed by atoms with Crippen molar-refractivity contribution in [1.29, 1.82) is 0 Å². The van der Waals surface area contributed by atoms with Crippen LogP contribution in [0.2, 0.25) is 0 Å². The Labute approximate surface area is 88.0 Å². The van der Waals surface area contributed by atoms with E-state index < -0.39 is 11.6 Å². The second-order valence-corrected chi connectivity index (χ2v) is 3.57. The van der Waals surface area contributed by atoms with Crippen LogP contribution in [0.25, 0.3) is 0 Å². The number of ether oxygens (including phenoxy) is 1. The van der Waals surface area contributed by atoms with E-state index in [9.17, 15) is 4.79 Å². The number of rotatable bonds is 3. The van der Waals surface area contributed by atoms with E-state index in [4.69, 9.17) is 9.84 Å². The fourth-order valence-electron chi connectivity index (χ4n) is 1.70. The molecule has 1 aliphatic rings. The van der Waals surface area contributed by atoms with Gasteiger partial charge in [-0.2, -0.15) is 0 Å². The first-order chi connectivity index (χ1) is 7.23. The highest BCUT2D eigenvalue weighted by Crippen LogP contribution is 2.24. The van der Waals surface area contributed by atoms with Crippen LogP contribution in [0.4, 0.5) is 0 Å². The quantitative estimate of drug-likeness (QED) is 0.761. The first-order valence-corrected chi connectivity index (χ1v) is 4.82. The lowest BCUT2D eigenvalue weighted by atomic mass is 9.95. The maximum atomic E-state index is 11.2. The SMILES string of the molecule is O=C(O)C1(Cc2ccccc2)C=CCO1. The molecule has 0 amide bonds. The van der Waals surface area contributed by atoms with E-state index in [0.29, 0.717) is 13.0 Å². The fraction of sp³-hybridized carbons (Fsp3) is 0.250. The van der Waals surface area contributed by atoms with Gasteiger partial charge in [-0.15, -0.1) is 0 Å². The molecular formula is C12H12O3. The minimum absolute atomic E-state index is 0.374. The van der Waals surface area contributed by atoms with E-state index in [0.717, 1.165) is 5.56 Å². The molecule has 15 heavy (non-hydrogen) atoms. The highest BCUT2D eigenvalue weighted by Gasteiger charge is 2.39. The molecule has 0 spiro atoms. The van der Waals surface area contributed by atoms with Crippen LogP contribution in [-0.4, -0.2) is 23.3 Å². The van der Waals surface area contributed by atoms with Crippen LogP contribution in [0.3, 0.4) is 0 Å². The molecule has 1 atom stereocenters. The molecule has 1 aromatic rings. The van der Waals surface area contributed by atoms with E-state index in [1.54, 1.807) is 12.2 Å². The second kappa shape index (κ2) is 3.87. The van der Waals surface area contributed by atoms with Crippen molar-refractivity contribution < 1.29 is 14.6 Å². The third kappa shape index (κ3) is 1.92. The van der Waals surface area contributed by atoms with E-state index in [1.165, 1.54) is 0 Å². The van der Waals surface area contributed by atoms with Crippen LogP contribution >= 0.6 is 0 Å². The van der Waals surface area contributed by atoms with Crippen LogP contribution < -0.4 is 0 Å². The molecule has 0 saturated heterocycles. The van der Waals surface area contributed by atoms with Gasteiger partial charge in [0, 0.05) is 6.42 Å². The van der Waals surface area contributed by atoms with Crippen molar-refractivity contribution in [3.05, 3.63) is 48.0 Å². The van der Waals surface area contributed by atoms with Crippen molar-refractivity contribution in [2.45, 2.75) is 12.0 Å². The number of carboxylic acids is 1. The van der Waals surface area contributed by atoms with Gasteiger partial charge in [-0.25, -0.2) is 4.79 Å². The number of benzene rings is 1. The molecule has 1 aromatic carbocycles. The summed E-state index contributed by atoms with van der Waals surface area (Å²) in [4.78, 5) is 11.2. The Morgan fingerprint density at radius 2 is 2.13 bits per heavy atom. The Morgan fingerprint density at radius 3 is 2.67 bits per heavy atom. The number of carboxylic acid groups (broad SMARTS) is 1. The van der Waals surface area contributed by atoms with Gasteiger partial charge in [-0.1, -0.05) is 36.4 Å². The maximum absolute atomic E-state index is 11.2. The molecule has 0 saturated carbocycles. The summed E-state index contributed by atoms with van der Waals surface area (Å²) in [7, 11) is 0. The van der Waals surface area contributed by atoms with E-state index in [1.807, 2.05) is 30.3 Å². The van der Waals surface area contributed by atoms with Gasteiger partial charge in [0.05, 0.1) is 6.61 Å². The lowest BCUT2D eigenvalue weighted by Crippen LogP contribution is -2.39. The Hall–Kier alpha value is -1.61. The van der Waals surface area contributed by atoms with Crippen LogP contribution in [0, 0.1) is 0 Å². The molecular weight excluding hydrogens is 192 g/mol. The van der Waals surface area contributed by atoms with Crippen molar-refractivity contribution in [1.82, 2.24) is 0 Å². The lowest BCUT2D eigenvalue weighted by molar-refractivity contribution is -0.156. The highest BCUT2D eigenvalue weighted by atomic mass is 16.5. The number of aliphatic carboxylic acids is 1. The summed E-state index contributed by atoms with van der Waals surface area (Å²) < 4.78 is 5.30. The molecule has 0 fully saturated rings.